The summed E-state index contributed by atoms with van der Waals surface area (Å²) in [6.45, 7) is 3.94. The minimum atomic E-state index is 0.328. The highest BCUT2D eigenvalue weighted by Gasteiger charge is 2.25. The summed E-state index contributed by atoms with van der Waals surface area (Å²) in [6, 6.07) is 5.78. The number of halogens is 1. The molecule has 0 aliphatic carbocycles. The van der Waals surface area contributed by atoms with Crippen molar-refractivity contribution >= 4 is 17.5 Å². The SMILES string of the molecule is COc1ccc(Cl)cc1CC1CCCN(C(=O)CCC2CCNC2)C1. The van der Waals surface area contributed by atoms with Crippen LogP contribution in [-0.2, 0) is 11.2 Å². The fourth-order valence-corrected chi connectivity index (χ4v) is 4.32. The molecule has 0 saturated carbocycles. The molecule has 1 N–H and O–H groups in total. The molecular weight excluding hydrogens is 336 g/mol. The molecule has 2 atom stereocenters. The van der Waals surface area contributed by atoms with Gasteiger partial charge in [-0.2, -0.15) is 0 Å². The summed E-state index contributed by atoms with van der Waals surface area (Å²) in [5.74, 6) is 2.38. The first kappa shape index (κ1) is 18.5. The highest BCUT2D eigenvalue weighted by molar-refractivity contribution is 6.30. The Bertz CT molecular complexity index is 587. The molecule has 2 saturated heterocycles. The highest BCUT2D eigenvalue weighted by atomic mass is 35.5. The number of hydrogen-bond donors (Lipinski definition) is 1. The average molecular weight is 365 g/mol. The van der Waals surface area contributed by atoms with Crippen molar-refractivity contribution in [1.82, 2.24) is 10.2 Å². The number of nitrogens with zero attached hydrogens (tertiary/aromatic N) is 1. The number of amides is 1. The maximum Gasteiger partial charge on any atom is 0.222 e. The Morgan fingerprint density at radius 1 is 1.36 bits per heavy atom. The van der Waals surface area contributed by atoms with E-state index in [1.165, 1.54) is 6.42 Å². The van der Waals surface area contributed by atoms with Gasteiger partial charge in [0.15, 0.2) is 0 Å². The lowest BCUT2D eigenvalue weighted by atomic mass is 9.90. The van der Waals surface area contributed by atoms with Gasteiger partial charge in [-0.25, -0.2) is 0 Å². The van der Waals surface area contributed by atoms with Crippen molar-refractivity contribution in [1.29, 1.82) is 0 Å². The Kier molecular flexibility index (Phi) is 6.60. The number of carbonyl (C=O) groups is 1. The van der Waals surface area contributed by atoms with Crippen LogP contribution in [0.25, 0.3) is 0 Å². The Morgan fingerprint density at radius 2 is 2.24 bits per heavy atom. The molecule has 5 heteroatoms. The number of methoxy groups -OCH3 is 1. The molecule has 0 radical (unpaired) electrons. The summed E-state index contributed by atoms with van der Waals surface area (Å²) >= 11 is 6.15. The van der Waals surface area contributed by atoms with Crippen LogP contribution < -0.4 is 10.1 Å². The van der Waals surface area contributed by atoms with E-state index in [-0.39, 0.29) is 0 Å². The zero-order valence-electron chi connectivity index (χ0n) is 15.1. The summed E-state index contributed by atoms with van der Waals surface area (Å²) in [5.41, 5.74) is 1.14. The van der Waals surface area contributed by atoms with Gasteiger partial charge in [0.2, 0.25) is 5.91 Å². The number of hydrogen-bond acceptors (Lipinski definition) is 3. The van der Waals surface area contributed by atoms with Crippen molar-refractivity contribution in [3.8, 4) is 5.75 Å². The monoisotopic (exact) mass is 364 g/mol. The molecule has 138 valence electrons. The van der Waals surface area contributed by atoms with Crippen LogP contribution in [0.4, 0.5) is 0 Å². The van der Waals surface area contributed by atoms with Gasteiger partial charge in [0, 0.05) is 24.5 Å². The van der Waals surface area contributed by atoms with E-state index in [1.807, 2.05) is 18.2 Å². The predicted molar refractivity (Wildman–Crippen MR) is 101 cm³/mol. The number of benzene rings is 1. The largest absolute Gasteiger partial charge is 0.496 e. The first-order valence-electron chi connectivity index (χ1n) is 9.46. The van der Waals surface area contributed by atoms with Crippen LogP contribution in [0.5, 0.6) is 5.75 Å². The van der Waals surface area contributed by atoms with Crippen molar-refractivity contribution in [2.75, 3.05) is 33.3 Å². The number of rotatable bonds is 6. The molecular formula is C20H29ClN2O2. The summed E-state index contributed by atoms with van der Waals surface area (Å²) in [6.07, 6.45) is 6.09. The molecule has 25 heavy (non-hydrogen) atoms. The van der Waals surface area contributed by atoms with Crippen LogP contribution >= 0.6 is 11.6 Å². The molecule has 2 aliphatic rings. The summed E-state index contributed by atoms with van der Waals surface area (Å²) < 4.78 is 5.47. The van der Waals surface area contributed by atoms with Gasteiger partial charge in [-0.3, -0.25) is 4.79 Å². The Balaban J connectivity index is 1.53. The second-order valence-corrected chi connectivity index (χ2v) is 7.84. The Morgan fingerprint density at radius 3 is 3.00 bits per heavy atom. The van der Waals surface area contributed by atoms with E-state index in [0.717, 1.165) is 68.2 Å². The number of piperidine rings is 1. The Hall–Kier alpha value is -1.26. The number of ether oxygens (including phenoxy) is 1. The van der Waals surface area contributed by atoms with Crippen molar-refractivity contribution in [3.05, 3.63) is 28.8 Å². The molecule has 0 bridgehead atoms. The zero-order chi connectivity index (χ0) is 17.6. The normalized spacial score (nSPS) is 23.7. The van der Waals surface area contributed by atoms with E-state index in [4.69, 9.17) is 16.3 Å². The van der Waals surface area contributed by atoms with Crippen LogP contribution in [0.2, 0.25) is 5.02 Å². The van der Waals surface area contributed by atoms with Crippen LogP contribution in [0.3, 0.4) is 0 Å². The third-order valence-corrected chi connectivity index (χ3v) is 5.79. The minimum absolute atomic E-state index is 0.328. The van der Waals surface area contributed by atoms with E-state index in [1.54, 1.807) is 7.11 Å². The van der Waals surface area contributed by atoms with Crippen LogP contribution in [0.1, 0.15) is 37.7 Å². The van der Waals surface area contributed by atoms with Gasteiger partial charge in [0.1, 0.15) is 5.75 Å². The lowest BCUT2D eigenvalue weighted by Gasteiger charge is -2.33. The Labute approximate surface area is 155 Å². The highest BCUT2D eigenvalue weighted by Crippen LogP contribution is 2.29. The van der Waals surface area contributed by atoms with E-state index in [2.05, 4.69) is 10.2 Å². The summed E-state index contributed by atoms with van der Waals surface area (Å²) in [4.78, 5) is 14.7. The molecule has 2 heterocycles. The maximum absolute atomic E-state index is 12.6. The number of likely N-dealkylation sites (tertiary alicyclic amines) is 1. The number of nitrogens with one attached hydrogen (secondary N) is 1. The fourth-order valence-electron chi connectivity index (χ4n) is 4.12. The maximum atomic E-state index is 12.6. The standard InChI is InChI=1S/C20H29ClN2O2/c1-25-19-6-5-18(21)12-17(19)11-16-3-2-10-23(14-16)20(24)7-4-15-8-9-22-13-15/h5-6,12,15-16,22H,2-4,7-11,13-14H2,1H3. The molecule has 1 aromatic rings. The molecule has 2 unspecified atom stereocenters. The van der Waals surface area contributed by atoms with Gasteiger partial charge in [-0.1, -0.05) is 11.6 Å². The van der Waals surface area contributed by atoms with Gasteiger partial charge < -0.3 is 15.0 Å². The molecule has 2 aliphatic heterocycles. The van der Waals surface area contributed by atoms with Crippen molar-refractivity contribution in [2.24, 2.45) is 11.8 Å². The molecule has 2 fully saturated rings. The van der Waals surface area contributed by atoms with Gasteiger partial charge in [0.05, 0.1) is 7.11 Å². The van der Waals surface area contributed by atoms with E-state index in [9.17, 15) is 4.79 Å². The molecule has 1 amide bonds. The summed E-state index contributed by atoms with van der Waals surface area (Å²) in [7, 11) is 1.70. The molecule has 0 spiro atoms. The quantitative estimate of drug-likeness (QED) is 0.839. The topological polar surface area (TPSA) is 41.6 Å². The van der Waals surface area contributed by atoms with Crippen molar-refractivity contribution in [2.45, 2.75) is 38.5 Å². The van der Waals surface area contributed by atoms with Crippen molar-refractivity contribution in [3.63, 3.8) is 0 Å². The van der Waals surface area contributed by atoms with Gasteiger partial charge in [-0.15, -0.1) is 0 Å². The van der Waals surface area contributed by atoms with Crippen LogP contribution in [0.15, 0.2) is 18.2 Å². The van der Waals surface area contributed by atoms with Gasteiger partial charge in [0.25, 0.3) is 0 Å². The van der Waals surface area contributed by atoms with Gasteiger partial charge in [-0.05, 0) is 80.8 Å². The summed E-state index contributed by atoms with van der Waals surface area (Å²) in [5, 5.41) is 4.12. The lowest BCUT2D eigenvalue weighted by Crippen LogP contribution is -2.40. The lowest BCUT2D eigenvalue weighted by molar-refractivity contribution is -0.133. The van der Waals surface area contributed by atoms with Gasteiger partial charge >= 0.3 is 0 Å². The number of carbonyl (C=O) groups excluding carboxylic acids is 1. The van der Waals surface area contributed by atoms with E-state index in [0.29, 0.717) is 24.2 Å². The molecule has 1 aromatic carbocycles. The first-order valence-corrected chi connectivity index (χ1v) is 9.84. The predicted octanol–water partition coefficient (Wildman–Crippen LogP) is 3.52. The van der Waals surface area contributed by atoms with Crippen LogP contribution in [0, 0.1) is 11.8 Å². The minimum Gasteiger partial charge on any atom is -0.496 e. The van der Waals surface area contributed by atoms with Crippen molar-refractivity contribution < 1.29 is 9.53 Å². The molecule has 0 aromatic heterocycles. The third kappa shape index (κ3) is 5.11. The first-order chi connectivity index (χ1) is 12.2. The smallest absolute Gasteiger partial charge is 0.222 e. The molecule has 4 nitrogen and oxygen atoms in total. The fraction of sp³-hybridized carbons (Fsp3) is 0.650. The second kappa shape index (κ2) is 8.91. The molecule has 3 rings (SSSR count). The third-order valence-electron chi connectivity index (χ3n) is 5.55. The van der Waals surface area contributed by atoms with Crippen LogP contribution in [-0.4, -0.2) is 44.1 Å². The zero-order valence-corrected chi connectivity index (χ0v) is 15.9. The second-order valence-electron chi connectivity index (χ2n) is 7.41. The average Bonchev–Trinajstić information content (AvgIpc) is 3.14. The van der Waals surface area contributed by atoms with E-state index < -0.39 is 0 Å². The van der Waals surface area contributed by atoms with E-state index >= 15 is 0 Å².